The molecule has 0 bridgehead atoms. The first-order chi connectivity index (χ1) is 10.3. The molecule has 3 heterocycles. The quantitative estimate of drug-likeness (QED) is 0.808. The zero-order valence-electron chi connectivity index (χ0n) is 12.5. The predicted octanol–water partition coefficient (Wildman–Crippen LogP) is 0.860. The number of carbonyl (C=O) groups is 1. The van der Waals surface area contributed by atoms with Gasteiger partial charge < -0.3 is 14.5 Å². The molecule has 2 aliphatic heterocycles. The molecule has 6 nitrogen and oxygen atoms in total. The summed E-state index contributed by atoms with van der Waals surface area (Å²) in [6.07, 6.45) is 5.24. The maximum Gasteiger partial charge on any atom is 0.225 e. The number of rotatable bonds is 2. The van der Waals surface area contributed by atoms with Gasteiger partial charge in [0.15, 0.2) is 0 Å². The lowest BCUT2D eigenvalue weighted by atomic mass is 9.95. The van der Waals surface area contributed by atoms with Crippen LogP contribution in [-0.2, 0) is 9.53 Å². The molecule has 0 radical (unpaired) electrons. The van der Waals surface area contributed by atoms with Crippen LogP contribution in [0.25, 0.3) is 0 Å². The normalized spacial score (nSPS) is 20.6. The van der Waals surface area contributed by atoms with Crippen molar-refractivity contribution in [3.05, 3.63) is 18.1 Å². The highest BCUT2D eigenvalue weighted by atomic mass is 16.5. The van der Waals surface area contributed by atoms with Gasteiger partial charge >= 0.3 is 0 Å². The van der Waals surface area contributed by atoms with E-state index in [1.165, 1.54) is 0 Å². The molecule has 114 valence electrons. The lowest BCUT2D eigenvalue weighted by Crippen LogP contribution is -2.47. The number of ether oxygens (including phenoxy) is 1. The minimum Gasteiger partial charge on any atom is -0.378 e. The number of piperidine rings is 1. The van der Waals surface area contributed by atoms with Crippen LogP contribution in [0, 0.1) is 12.8 Å². The van der Waals surface area contributed by atoms with Gasteiger partial charge in [0.2, 0.25) is 5.91 Å². The second kappa shape index (κ2) is 6.39. The first kappa shape index (κ1) is 14.3. The Kier molecular flexibility index (Phi) is 4.34. The second-order valence-corrected chi connectivity index (χ2v) is 5.66. The number of hydrogen-bond donors (Lipinski definition) is 0. The van der Waals surface area contributed by atoms with Crippen LogP contribution < -0.4 is 4.90 Å². The molecule has 0 N–H and O–H groups in total. The van der Waals surface area contributed by atoms with Crippen LogP contribution in [0.2, 0.25) is 0 Å². The Bertz CT molecular complexity index is 494. The smallest absolute Gasteiger partial charge is 0.225 e. The number of carbonyl (C=O) groups excluding carboxylic acids is 1. The molecule has 0 unspecified atom stereocenters. The van der Waals surface area contributed by atoms with Crippen molar-refractivity contribution >= 4 is 11.7 Å². The lowest BCUT2D eigenvalue weighted by molar-refractivity contribution is -0.140. The Hall–Kier alpha value is -1.69. The highest BCUT2D eigenvalue weighted by molar-refractivity contribution is 5.79. The van der Waals surface area contributed by atoms with E-state index in [1.807, 2.05) is 11.8 Å². The molecule has 0 aliphatic carbocycles. The minimum absolute atomic E-state index is 0.149. The van der Waals surface area contributed by atoms with E-state index in [0.29, 0.717) is 19.1 Å². The second-order valence-electron chi connectivity index (χ2n) is 5.66. The number of aryl methyl sites for hydroxylation is 1. The average molecular weight is 290 g/mol. The molecular formula is C15H22N4O2. The molecule has 2 fully saturated rings. The largest absolute Gasteiger partial charge is 0.378 e. The number of hydrogen-bond acceptors (Lipinski definition) is 5. The standard InChI is InChI=1S/C15H22N4O2/c1-12-14(17-5-4-16-12)18-6-2-13(3-7-18)15(20)19-8-10-21-11-9-19/h4-5,13H,2-3,6-11H2,1H3. The molecule has 1 aromatic heterocycles. The summed E-state index contributed by atoms with van der Waals surface area (Å²) in [4.78, 5) is 25.4. The monoisotopic (exact) mass is 290 g/mol. The Morgan fingerprint density at radius 2 is 1.81 bits per heavy atom. The zero-order chi connectivity index (χ0) is 14.7. The van der Waals surface area contributed by atoms with Gasteiger partial charge in [-0.2, -0.15) is 0 Å². The van der Waals surface area contributed by atoms with Gasteiger partial charge in [-0.25, -0.2) is 4.98 Å². The Morgan fingerprint density at radius 3 is 2.48 bits per heavy atom. The van der Waals surface area contributed by atoms with Crippen LogP contribution in [0.15, 0.2) is 12.4 Å². The highest BCUT2D eigenvalue weighted by Gasteiger charge is 2.30. The molecule has 1 amide bonds. The molecule has 0 aromatic carbocycles. The third kappa shape index (κ3) is 3.15. The van der Waals surface area contributed by atoms with Crippen molar-refractivity contribution in [1.29, 1.82) is 0 Å². The fourth-order valence-corrected chi connectivity index (χ4v) is 3.09. The summed E-state index contributed by atoms with van der Waals surface area (Å²) in [6, 6.07) is 0. The summed E-state index contributed by atoms with van der Waals surface area (Å²) in [5, 5.41) is 0. The fourth-order valence-electron chi connectivity index (χ4n) is 3.09. The van der Waals surface area contributed by atoms with Crippen molar-refractivity contribution in [1.82, 2.24) is 14.9 Å². The Balaban J connectivity index is 1.57. The molecular weight excluding hydrogens is 268 g/mol. The Labute approximate surface area is 125 Å². The lowest BCUT2D eigenvalue weighted by Gasteiger charge is -2.36. The summed E-state index contributed by atoms with van der Waals surface area (Å²) >= 11 is 0. The van der Waals surface area contributed by atoms with Crippen LogP contribution in [0.3, 0.4) is 0 Å². The molecule has 21 heavy (non-hydrogen) atoms. The highest BCUT2D eigenvalue weighted by Crippen LogP contribution is 2.24. The van der Waals surface area contributed by atoms with Crippen LogP contribution in [-0.4, -0.2) is 60.2 Å². The molecule has 0 spiro atoms. The van der Waals surface area contributed by atoms with Gasteiger partial charge in [0, 0.05) is 44.5 Å². The van der Waals surface area contributed by atoms with Crippen molar-refractivity contribution in [2.45, 2.75) is 19.8 Å². The maximum atomic E-state index is 12.5. The van der Waals surface area contributed by atoms with Crippen LogP contribution in [0.1, 0.15) is 18.5 Å². The molecule has 3 rings (SSSR count). The molecule has 0 saturated carbocycles. The summed E-state index contributed by atoms with van der Waals surface area (Å²) < 4.78 is 5.31. The van der Waals surface area contributed by atoms with Gasteiger partial charge in [0.05, 0.1) is 18.9 Å². The number of nitrogens with zero attached hydrogens (tertiary/aromatic N) is 4. The third-order valence-corrected chi connectivity index (χ3v) is 4.32. The predicted molar refractivity (Wildman–Crippen MR) is 79.1 cm³/mol. The average Bonchev–Trinajstić information content (AvgIpc) is 2.56. The van der Waals surface area contributed by atoms with Crippen molar-refractivity contribution in [3.8, 4) is 0 Å². The van der Waals surface area contributed by atoms with Gasteiger partial charge in [-0.3, -0.25) is 9.78 Å². The van der Waals surface area contributed by atoms with E-state index in [1.54, 1.807) is 12.4 Å². The molecule has 2 aliphatic rings. The van der Waals surface area contributed by atoms with Crippen LogP contribution in [0.4, 0.5) is 5.82 Å². The van der Waals surface area contributed by atoms with E-state index in [2.05, 4.69) is 14.9 Å². The first-order valence-corrected chi connectivity index (χ1v) is 7.65. The molecule has 1 aromatic rings. The van der Waals surface area contributed by atoms with Crippen molar-refractivity contribution < 1.29 is 9.53 Å². The van der Waals surface area contributed by atoms with Crippen LogP contribution >= 0.6 is 0 Å². The number of anilines is 1. The van der Waals surface area contributed by atoms with Crippen molar-refractivity contribution in [2.24, 2.45) is 5.92 Å². The van der Waals surface area contributed by atoms with E-state index in [4.69, 9.17) is 4.74 Å². The summed E-state index contributed by atoms with van der Waals surface area (Å²) in [6.45, 7) is 6.55. The third-order valence-electron chi connectivity index (χ3n) is 4.32. The van der Waals surface area contributed by atoms with Gasteiger partial charge in [-0.15, -0.1) is 0 Å². The molecule has 2 saturated heterocycles. The molecule has 6 heteroatoms. The first-order valence-electron chi connectivity index (χ1n) is 7.65. The van der Waals surface area contributed by atoms with Gasteiger partial charge in [-0.1, -0.05) is 0 Å². The fraction of sp³-hybridized carbons (Fsp3) is 0.667. The minimum atomic E-state index is 0.149. The summed E-state index contributed by atoms with van der Waals surface area (Å²) in [7, 11) is 0. The van der Waals surface area contributed by atoms with Crippen molar-refractivity contribution in [2.75, 3.05) is 44.3 Å². The molecule has 0 atom stereocenters. The maximum absolute atomic E-state index is 12.5. The number of aromatic nitrogens is 2. The van der Waals surface area contributed by atoms with E-state index in [0.717, 1.165) is 50.5 Å². The topological polar surface area (TPSA) is 58.6 Å². The van der Waals surface area contributed by atoms with Gasteiger partial charge in [-0.05, 0) is 19.8 Å². The Morgan fingerprint density at radius 1 is 1.14 bits per heavy atom. The van der Waals surface area contributed by atoms with E-state index in [-0.39, 0.29) is 5.92 Å². The van der Waals surface area contributed by atoms with E-state index in [9.17, 15) is 4.79 Å². The number of morpholine rings is 1. The van der Waals surface area contributed by atoms with Gasteiger partial charge in [0.1, 0.15) is 5.82 Å². The van der Waals surface area contributed by atoms with E-state index >= 15 is 0 Å². The van der Waals surface area contributed by atoms with Crippen LogP contribution in [0.5, 0.6) is 0 Å². The zero-order valence-corrected chi connectivity index (χ0v) is 12.5. The number of amides is 1. The summed E-state index contributed by atoms with van der Waals surface area (Å²) in [5.41, 5.74) is 0.954. The summed E-state index contributed by atoms with van der Waals surface area (Å²) in [5.74, 6) is 1.40. The SMILES string of the molecule is Cc1nccnc1N1CCC(C(=O)N2CCOCC2)CC1. The van der Waals surface area contributed by atoms with E-state index < -0.39 is 0 Å². The van der Waals surface area contributed by atoms with Gasteiger partial charge in [0.25, 0.3) is 0 Å². The van der Waals surface area contributed by atoms with Crippen molar-refractivity contribution in [3.63, 3.8) is 0 Å².